The van der Waals surface area contributed by atoms with Crippen molar-refractivity contribution in [3.63, 3.8) is 0 Å². The van der Waals surface area contributed by atoms with Crippen molar-refractivity contribution in [2.45, 2.75) is 44.8 Å². The molecule has 0 atom stereocenters. The zero-order chi connectivity index (χ0) is 13.5. The van der Waals surface area contributed by atoms with Crippen LogP contribution in [0.5, 0.6) is 0 Å². The smallest absolute Gasteiger partial charge is 0.127 e. The maximum Gasteiger partial charge on any atom is 0.127 e. The number of nitrogens with one attached hydrogen (secondary N) is 1. The summed E-state index contributed by atoms with van der Waals surface area (Å²) < 4.78 is 32.0. The molecule has 1 aromatic carbocycles. The van der Waals surface area contributed by atoms with E-state index < -0.39 is 5.82 Å². The average Bonchev–Trinajstić information content (AvgIpc) is 2.43. The Morgan fingerprint density at radius 1 is 1.16 bits per heavy atom. The highest BCUT2D eigenvalue weighted by molar-refractivity contribution is 5.18. The Hall–Kier alpha value is -1.00. The monoisotopic (exact) mass is 269 g/mol. The molecule has 0 saturated heterocycles. The van der Waals surface area contributed by atoms with E-state index in [1.54, 1.807) is 0 Å². The molecule has 1 aromatic rings. The van der Waals surface area contributed by atoms with Gasteiger partial charge in [-0.15, -0.1) is 0 Å². The zero-order valence-corrected chi connectivity index (χ0v) is 11.1. The van der Waals surface area contributed by atoms with E-state index in [4.69, 9.17) is 4.74 Å². The van der Waals surface area contributed by atoms with Gasteiger partial charge in [-0.05, 0) is 31.0 Å². The summed E-state index contributed by atoms with van der Waals surface area (Å²) in [7, 11) is 0. The molecule has 1 aliphatic carbocycles. The summed E-state index contributed by atoms with van der Waals surface area (Å²) in [5.41, 5.74) is 0.359. The van der Waals surface area contributed by atoms with E-state index in [2.05, 4.69) is 5.32 Å². The molecule has 0 aliphatic heterocycles. The molecule has 4 heteroatoms. The Morgan fingerprint density at radius 2 is 1.95 bits per heavy atom. The number of benzene rings is 1. The van der Waals surface area contributed by atoms with Gasteiger partial charge in [0.25, 0.3) is 0 Å². The molecule has 1 saturated carbocycles. The van der Waals surface area contributed by atoms with Crippen LogP contribution in [0.4, 0.5) is 8.78 Å². The second-order valence-electron chi connectivity index (χ2n) is 5.04. The van der Waals surface area contributed by atoms with Crippen LogP contribution in [-0.2, 0) is 11.3 Å². The predicted octanol–water partition coefficient (Wildman–Crippen LogP) is 3.40. The highest BCUT2D eigenvalue weighted by atomic mass is 19.1. The van der Waals surface area contributed by atoms with Crippen LogP contribution in [0.25, 0.3) is 0 Å². The number of rotatable bonds is 6. The Bertz CT molecular complexity index is 392. The van der Waals surface area contributed by atoms with E-state index in [1.807, 2.05) is 0 Å². The second-order valence-corrected chi connectivity index (χ2v) is 5.04. The fraction of sp³-hybridized carbons (Fsp3) is 0.600. The molecule has 2 rings (SSSR count). The van der Waals surface area contributed by atoms with Crippen molar-refractivity contribution in [1.29, 1.82) is 0 Å². The van der Waals surface area contributed by atoms with Gasteiger partial charge >= 0.3 is 0 Å². The Kier molecular flexibility index (Phi) is 5.73. The van der Waals surface area contributed by atoms with E-state index >= 15 is 0 Å². The third kappa shape index (κ3) is 4.88. The standard InChI is InChI=1S/C15H21F2NO/c16-13-6-7-15(17)12(10-13)11-18-8-9-19-14-4-2-1-3-5-14/h6-7,10,14,18H,1-5,8-9,11H2. The van der Waals surface area contributed by atoms with Crippen LogP contribution in [0, 0.1) is 11.6 Å². The van der Waals surface area contributed by atoms with E-state index in [1.165, 1.54) is 25.3 Å². The van der Waals surface area contributed by atoms with Gasteiger partial charge in [0.05, 0.1) is 12.7 Å². The first kappa shape index (κ1) is 14.4. The molecule has 19 heavy (non-hydrogen) atoms. The van der Waals surface area contributed by atoms with Crippen molar-refractivity contribution in [3.05, 3.63) is 35.4 Å². The molecule has 2 nitrogen and oxygen atoms in total. The molecule has 1 fully saturated rings. The second kappa shape index (κ2) is 7.56. The van der Waals surface area contributed by atoms with Gasteiger partial charge in [0.1, 0.15) is 11.6 Å². The first-order chi connectivity index (χ1) is 9.25. The van der Waals surface area contributed by atoms with Gasteiger partial charge < -0.3 is 10.1 Å². The van der Waals surface area contributed by atoms with Crippen LogP contribution in [0.2, 0.25) is 0 Å². The molecule has 0 bridgehead atoms. The Morgan fingerprint density at radius 3 is 2.74 bits per heavy atom. The summed E-state index contributed by atoms with van der Waals surface area (Å²) in [6.07, 6.45) is 6.52. The third-order valence-electron chi connectivity index (χ3n) is 3.51. The predicted molar refractivity (Wildman–Crippen MR) is 70.9 cm³/mol. The normalized spacial score (nSPS) is 16.7. The van der Waals surface area contributed by atoms with Gasteiger partial charge in [-0.25, -0.2) is 8.78 Å². The maximum absolute atomic E-state index is 13.3. The molecular weight excluding hydrogens is 248 g/mol. The van der Waals surface area contributed by atoms with E-state index in [0.717, 1.165) is 25.0 Å². The Labute approximate surface area is 113 Å². The first-order valence-electron chi connectivity index (χ1n) is 7.02. The van der Waals surface area contributed by atoms with Crippen molar-refractivity contribution in [2.75, 3.05) is 13.2 Å². The fourth-order valence-electron chi connectivity index (χ4n) is 2.43. The lowest BCUT2D eigenvalue weighted by Crippen LogP contribution is -2.24. The highest BCUT2D eigenvalue weighted by Gasteiger charge is 2.13. The summed E-state index contributed by atoms with van der Waals surface area (Å²) >= 11 is 0. The fourth-order valence-corrected chi connectivity index (χ4v) is 2.43. The van der Waals surface area contributed by atoms with Crippen LogP contribution in [-0.4, -0.2) is 19.3 Å². The molecule has 106 valence electrons. The van der Waals surface area contributed by atoms with Gasteiger partial charge in [-0.2, -0.15) is 0 Å². The SMILES string of the molecule is Fc1ccc(F)c(CNCCOC2CCCCC2)c1. The minimum atomic E-state index is -0.406. The van der Waals surface area contributed by atoms with Gasteiger partial charge in [0, 0.05) is 18.7 Å². The summed E-state index contributed by atoms with van der Waals surface area (Å²) in [6, 6.07) is 3.51. The van der Waals surface area contributed by atoms with Crippen molar-refractivity contribution in [3.8, 4) is 0 Å². The molecule has 0 unspecified atom stereocenters. The van der Waals surface area contributed by atoms with E-state index in [9.17, 15) is 8.78 Å². The third-order valence-corrected chi connectivity index (χ3v) is 3.51. The number of halogens is 2. The molecular formula is C15H21F2NO. The highest BCUT2D eigenvalue weighted by Crippen LogP contribution is 2.19. The van der Waals surface area contributed by atoms with Gasteiger partial charge in [0.15, 0.2) is 0 Å². The van der Waals surface area contributed by atoms with Crippen LogP contribution in [0.15, 0.2) is 18.2 Å². The number of hydrogen-bond donors (Lipinski definition) is 1. The quantitative estimate of drug-likeness (QED) is 0.799. The van der Waals surface area contributed by atoms with Gasteiger partial charge in [-0.1, -0.05) is 19.3 Å². The van der Waals surface area contributed by atoms with Crippen LogP contribution < -0.4 is 5.32 Å². The largest absolute Gasteiger partial charge is 0.377 e. The van der Waals surface area contributed by atoms with Crippen molar-refractivity contribution < 1.29 is 13.5 Å². The van der Waals surface area contributed by atoms with Crippen molar-refractivity contribution >= 4 is 0 Å². The van der Waals surface area contributed by atoms with Crippen LogP contribution in [0.3, 0.4) is 0 Å². The van der Waals surface area contributed by atoms with E-state index in [0.29, 0.717) is 31.4 Å². The van der Waals surface area contributed by atoms with Gasteiger partial charge in [0.2, 0.25) is 0 Å². The van der Waals surface area contributed by atoms with Crippen LogP contribution in [0.1, 0.15) is 37.7 Å². The maximum atomic E-state index is 13.3. The Balaban J connectivity index is 1.62. The molecule has 0 amide bonds. The number of hydrogen-bond acceptors (Lipinski definition) is 2. The molecule has 1 N–H and O–H groups in total. The van der Waals surface area contributed by atoms with Gasteiger partial charge in [-0.3, -0.25) is 0 Å². The molecule has 0 radical (unpaired) electrons. The average molecular weight is 269 g/mol. The summed E-state index contributed by atoms with van der Waals surface area (Å²) in [6.45, 7) is 1.62. The summed E-state index contributed by atoms with van der Waals surface area (Å²) in [5, 5.41) is 3.08. The van der Waals surface area contributed by atoms with Crippen molar-refractivity contribution in [2.24, 2.45) is 0 Å². The molecule has 0 aromatic heterocycles. The molecule has 1 aliphatic rings. The minimum Gasteiger partial charge on any atom is -0.377 e. The zero-order valence-electron chi connectivity index (χ0n) is 11.1. The lowest BCUT2D eigenvalue weighted by atomic mass is 9.98. The lowest BCUT2D eigenvalue weighted by molar-refractivity contribution is 0.0302. The minimum absolute atomic E-state index is 0.331. The molecule has 0 spiro atoms. The first-order valence-corrected chi connectivity index (χ1v) is 7.02. The molecule has 0 heterocycles. The van der Waals surface area contributed by atoms with Crippen LogP contribution >= 0.6 is 0 Å². The van der Waals surface area contributed by atoms with E-state index in [-0.39, 0.29) is 5.82 Å². The summed E-state index contributed by atoms with van der Waals surface area (Å²) in [5.74, 6) is -0.779. The number of ether oxygens (including phenoxy) is 1. The lowest BCUT2D eigenvalue weighted by Gasteiger charge is -2.22. The van der Waals surface area contributed by atoms with Crippen molar-refractivity contribution in [1.82, 2.24) is 5.32 Å². The topological polar surface area (TPSA) is 21.3 Å². The summed E-state index contributed by atoms with van der Waals surface area (Å²) in [4.78, 5) is 0.